The lowest BCUT2D eigenvalue weighted by Crippen LogP contribution is -2.41. The van der Waals surface area contributed by atoms with E-state index in [-0.39, 0.29) is 24.0 Å². The van der Waals surface area contributed by atoms with Gasteiger partial charge in [-0.25, -0.2) is 0 Å². The van der Waals surface area contributed by atoms with Gasteiger partial charge in [-0.2, -0.15) is 0 Å². The van der Waals surface area contributed by atoms with Crippen LogP contribution in [0.25, 0.3) is 0 Å². The van der Waals surface area contributed by atoms with E-state index in [4.69, 9.17) is 4.99 Å². The Morgan fingerprint density at radius 2 is 2.17 bits per heavy atom. The van der Waals surface area contributed by atoms with E-state index in [1.54, 1.807) is 0 Å². The van der Waals surface area contributed by atoms with Crippen LogP contribution in [0.5, 0.6) is 0 Å². The fourth-order valence-corrected chi connectivity index (χ4v) is 3.70. The summed E-state index contributed by atoms with van der Waals surface area (Å²) in [6.45, 7) is 4.97. The van der Waals surface area contributed by atoms with E-state index in [0.717, 1.165) is 31.5 Å². The van der Waals surface area contributed by atoms with Gasteiger partial charge in [0.25, 0.3) is 0 Å². The third-order valence-corrected chi connectivity index (χ3v) is 5.48. The minimum absolute atomic E-state index is 0. The van der Waals surface area contributed by atoms with Crippen molar-refractivity contribution in [3.05, 3.63) is 24.0 Å². The highest BCUT2D eigenvalue weighted by Crippen LogP contribution is 2.57. The first-order valence-corrected chi connectivity index (χ1v) is 8.74. The van der Waals surface area contributed by atoms with Gasteiger partial charge >= 0.3 is 0 Å². The van der Waals surface area contributed by atoms with E-state index in [1.807, 2.05) is 0 Å². The molecule has 2 saturated carbocycles. The van der Waals surface area contributed by atoms with Crippen LogP contribution in [-0.4, -0.2) is 35.6 Å². The summed E-state index contributed by atoms with van der Waals surface area (Å²) in [5.74, 6) is 2.02. The number of guanidine groups is 1. The minimum Gasteiger partial charge on any atom is -0.357 e. The van der Waals surface area contributed by atoms with Crippen molar-refractivity contribution in [2.75, 3.05) is 20.1 Å². The standard InChI is InChI=1S/C18H30N4.HI/c1-4-19-17(22(3)13-16-7-5-12-21(16)2)20-14-18(10-6-11-18)15-8-9-15;/h5,7,12,15H,4,6,8-11,13-14H2,1-3H3,(H,19,20);1H. The molecule has 0 saturated heterocycles. The quantitative estimate of drug-likeness (QED) is 0.425. The third kappa shape index (κ3) is 4.22. The number of hydrogen-bond acceptors (Lipinski definition) is 1. The summed E-state index contributed by atoms with van der Waals surface area (Å²) < 4.78 is 2.18. The number of aliphatic imine (C=N–C) groups is 1. The summed E-state index contributed by atoms with van der Waals surface area (Å²) in [4.78, 5) is 7.25. The number of halogens is 1. The molecule has 0 spiro atoms. The number of rotatable bonds is 6. The van der Waals surface area contributed by atoms with Crippen LogP contribution in [0.4, 0.5) is 0 Å². The lowest BCUT2D eigenvalue weighted by Gasteiger charge is -2.41. The van der Waals surface area contributed by atoms with E-state index >= 15 is 0 Å². The summed E-state index contributed by atoms with van der Waals surface area (Å²) in [5.41, 5.74) is 1.86. The predicted molar refractivity (Wildman–Crippen MR) is 107 cm³/mol. The van der Waals surface area contributed by atoms with Crippen LogP contribution in [0.1, 0.15) is 44.7 Å². The van der Waals surface area contributed by atoms with Gasteiger partial charge in [0, 0.05) is 39.1 Å². The first-order valence-electron chi connectivity index (χ1n) is 8.74. The second-order valence-electron chi connectivity index (χ2n) is 7.13. The van der Waals surface area contributed by atoms with Crippen molar-refractivity contribution < 1.29 is 0 Å². The van der Waals surface area contributed by atoms with Gasteiger partial charge in [-0.1, -0.05) is 6.42 Å². The van der Waals surface area contributed by atoms with Crippen molar-refractivity contribution in [2.24, 2.45) is 23.4 Å². The Labute approximate surface area is 157 Å². The van der Waals surface area contributed by atoms with Crippen LogP contribution in [0.15, 0.2) is 23.3 Å². The number of hydrogen-bond donors (Lipinski definition) is 1. The second kappa shape index (κ2) is 7.90. The lowest BCUT2D eigenvalue weighted by molar-refractivity contribution is 0.112. The summed E-state index contributed by atoms with van der Waals surface area (Å²) in [5, 5.41) is 3.46. The van der Waals surface area contributed by atoms with E-state index in [9.17, 15) is 0 Å². The van der Waals surface area contributed by atoms with Crippen LogP contribution in [0.3, 0.4) is 0 Å². The van der Waals surface area contributed by atoms with E-state index in [0.29, 0.717) is 5.41 Å². The van der Waals surface area contributed by atoms with Gasteiger partial charge < -0.3 is 14.8 Å². The number of aromatic nitrogens is 1. The first kappa shape index (κ1) is 18.6. The molecule has 23 heavy (non-hydrogen) atoms. The SMILES string of the molecule is CCNC(=NCC1(C2CC2)CCC1)N(C)Cc1cccn1C.I. The highest BCUT2D eigenvalue weighted by atomic mass is 127. The average molecular weight is 430 g/mol. The molecule has 0 aromatic carbocycles. The predicted octanol–water partition coefficient (Wildman–Crippen LogP) is 3.62. The molecule has 4 nitrogen and oxygen atoms in total. The maximum Gasteiger partial charge on any atom is 0.194 e. The molecule has 2 aliphatic carbocycles. The molecule has 0 amide bonds. The van der Waals surface area contributed by atoms with Gasteiger partial charge in [-0.05, 0) is 56.1 Å². The normalized spacial score (nSPS) is 19.7. The Hall–Kier alpha value is -0.720. The van der Waals surface area contributed by atoms with Crippen LogP contribution in [0.2, 0.25) is 0 Å². The maximum atomic E-state index is 5.00. The van der Waals surface area contributed by atoms with Crippen LogP contribution in [0, 0.1) is 11.3 Å². The molecule has 2 fully saturated rings. The van der Waals surface area contributed by atoms with Crippen molar-refractivity contribution in [1.82, 2.24) is 14.8 Å². The molecule has 1 aromatic heterocycles. The molecule has 130 valence electrons. The van der Waals surface area contributed by atoms with Crippen molar-refractivity contribution in [1.29, 1.82) is 0 Å². The zero-order chi connectivity index (χ0) is 15.6. The van der Waals surface area contributed by atoms with Crippen LogP contribution >= 0.6 is 24.0 Å². The summed E-state index contributed by atoms with van der Waals surface area (Å²) >= 11 is 0. The van der Waals surface area contributed by atoms with Crippen molar-refractivity contribution in [2.45, 2.75) is 45.6 Å². The fourth-order valence-electron chi connectivity index (χ4n) is 3.70. The van der Waals surface area contributed by atoms with E-state index in [1.165, 1.54) is 37.8 Å². The van der Waals surface area contributed by atoms with Crippen molar-refractivity contribution in [3.63, 3.8) is 0 Å². The Morgan fingerprint density at radius 1 is 1.43 bits per heavy atom. The monoisotopic (exact) mass is 430 g/mol. The molecule has 0 atom stereocenters. The maximum absolute atomic E-state index is 5.00. The van der Waals surface area contributed by atoms with Crippen LogP contribution in [-0.2, 0) is 13.6 Å². The third-order valence-electron chi connectivity index (χ3n) is 5.48. The van der Waals surface area contributed by atoms with Gasteiger partial charge in [0.2, 0.25) is 0 Å². The molecule has 3 rings (SSSR count). The molecular weight excluding hydrogens is 399 g/mol. The Kier molecular flexibility index (Phi) is 6.40. The van der Waals surface area contributed by atoms with E-state index < -0.39 is 0 Å². The molecule has 1 N–H and O–H groups in total. The van der Waals surface area contributed by atoms with Gasteiger partial charge in [0.15, 0.2) is 5.96 Å². The fraction of sp³-hybridized carbons (Fsp3) is 0.722. The van der Waals surface area contributed by atoms with Crippen molar-refractivity contribution >= 4 is 29.9 Å². The number of nitrogens with one attached hydrogen (secondary N) is 1. The molecule has 2 aliphatic rings. The van der Waals surface area contributed by atoms with Crippen molar-refractivity contribution in [3.8, 4) is 0 Å². The highest BCUT2D eigenvalue weighted by molar-refractivity contribution is 14.0. The zero-order valence-corrected chi connectivity index (χ0v) is 17.0. The van der Waals surface area contributed by atoms with Crippen LogP contribution < -0.4 is 5.32 Å². The van der Waals surface area contributed by atoms with Gasteiger partial charge in [0.1, 0.15) is 0 Å². The van der Waals surface area contributed by atoms with Gasteiger partial charge in [0.05, 0.1) is 6.54 Å². The van der Waals surface area contributed by atoms with Gasteiger partial charge in [-0.3, -0.25) is 4.99 Å². The molecule has 0 bridgehead atoms. The number of nitrogens with zero attached hydrogens (tertiary/aromatic N) is 3. The molecular formula is C18H31IN4. The Balaban J connectivity index is 0.00000192. The Bertz CT molecular complexity index is 529. The summed E-state index contributed by atoms with van der Waals surface area (Å²) in [6.07, 6.45) is 9.16. The first-order chi connectivity index (χ1) is 10.6. The molecule has 5 heteroatoms. The topological polar surface area (TPSA) is 32.6 Å². The minimum atomic E-state index is 0. The molecule has 0 radical (unpaired) electrons. The largest absolute Gasteiger partial charge is 0.357 e. The summed E-state index contributed by atoms with van der Waals surface area (Å²) in [6, 6.07) is 4.28. The molecule has 0 aliphatic heterocycles. The second-order valence-corrected chi connectivity index (χ2v) is 7.13. The molecule has 1 aromatic rings. The van der Waals surface area contributed by atoms with E-state index in [2.05, 4.69) is 54.1 Å². The van der Waals surface area contributed by atoms with Gasteiger partial charge in [-0.15, -0.1) is 24.0 Å². The average Bonchev–Trinajstić information content (AvgIpc) is 3.22. The highest BCUT2D eigenvalue weighted by Gasteiger charge is 2.48. The molecule has 1 heterocycles. The Morgan fingerprint density at radius 3 is 2.65 bits per heavy atom. The lowest BCUT2D eigenvalue weighted by atomic mass is 9.65. The summed E-state index contributed by atoms with van der Waals surface area (Å²) in [7, 11) is 4.24. The number of aryl methyl sites for hydroxylation is 1. The smallest absolute Gasteiger partial charge is 0.194 e. The zero-order valence-electron chi connectivity index (χ0n) is 14.7. The molecule has 0 unspecified atom stereocenters.